The largest absolute Gasteiger partial charge is 0.380 e. The van der Waals surface area contributed by atoms with Crippen LogP contribution >= 0.6 is 34.8 Å². The van der Waals surface area contributed by atoms with E-state index in [0.717, 1.165) is 10.8 Å². The minimum Gasteiger partial charge on any atom is -0.380 e. The van der Waals surface area contributed by atoms with E-state index in [1.807, 2.05) is 30.3 Å². The van der Waals surface area contributed by atoms with Crippen molar-refractivity contribution in [3.8, 4) is 0 Å². The number of rotatable bonds is 3. The molecule has 3 rings (SSSR count). The molecule has 4 nitrogen and oxygen atoms in total. The van der Waals surface area contributed by atoms with Crippen LogP contribution in [0.15, 0.2) is 59.8 Å². The molecule has 0 saturated heterocycles. The predicted octanol–water partition coefficient (Wildman–Crippen LogP) is 5.28. The lowest BCUT2D eigenvalue weighted by Crippen LogP contribution is -2.16. The van der Waals surface area contributed by atoms with Crippen molar-refractivity contribution in [1.29, 1.82) is 0 Å². The second-order valence-corrected chi connectivity index (χ2v) is 6.38. The van der Waals surface area contributed by atoms with Gasteiger partial charge in [0.25, 0.3) is 0 Å². The molecule has 2 N–H and O–H groups in total. The number of nitrogens with zero attached hydrogens (tertiary/aromatic N) is 1. The standard InChI is InChI=1S/C18H11Cl3N2O2/c19-11-8-14(20)16(15(21)9-11)17(22)23-25-18(24)13-7-3-5-10-4-1-2-6-12(10)13/h1-9H,(H2,22,23). The summed E-state index contributed by atoms with van der Waals surface area (Å²) in [7, 11) is 0. The number of carbonyl (C=O) groups excluding carboxylic acids is 1. The van der Waals surface area contributed by atoms with Crippen molar-refractivity contribution in [2.45, 2.75) is 0 Å². The number of halogens is 3. The maximum Gasteiger partial charge on any atom is 0.366 e. The van der Waals surface area contributed by atoms with Gasteiger partial charge in [-0.2, -0.15) is 0 Å². The van der Waals surface area contributed by atoms with Gasteiger partial charge in [0.15, 0.2) is 5.84 Å². The fraction of sp³-hybridized carbons (Fsp3) is 0. The third-order valence-corrected chi connectivity index (χ3v) is 4.31. The summed E-state index contributed by atoms with van der Waals surface area (Å²) in [6, 6.07) is 15.7. The lowest BCUT2D eigenvalue weighted by Gasteiger charge is -2.07. The van der Waals surface area contributed by atoms with E-state index >= 15 is 0 Å². The highest BCUT2D eigenvalue weighted by Gasteiger charge is 2.15. The summed E-state index contributed by atoms with van der Waals surface area (Å²) in [6.07, 6.45) is 0. The normalized spacial score (nSPS) is 11.6. The Balaban J connectivity index is 1.90. The number of oxime groups is 1. The number of benzene rings is 3. The molecule has 0 amide bonds. The van der Waals surface area contributed by atoms with Crippen molar-refractivity contribution in [1.82, 2.24) is 0 Å². The van der Waals surface area contributed by atoms with Crippen molar-refractivity contribution in [2.24, 2.45) is 10.9 Å². The molecule has 0 unspecified atom stereocenters. The van der Waals surface area contributed by atoms with Gasteiger partial charge in [0.05, 0.1) is 21.2 Å². The van der Waals surface area contributed by atoms with Crippen LogP contribution in [0.2, 0.25) is 15.1 Å². The maximum absolute atomic E-state index is 12.3. The molecule has 25 heavy (non-hydrogen) atoms. The van der Waals surface area contributed by atoms with Crippen LogP contribution in [0.3, 0.4) is 0 Å². The summed E-state index contributed by atoms with van der Waals surface area (Å²) in [5, 5.41) is 6.11. The van der Waals surface area contributed by atoms with Crippen molar-refractivity contribution in [2.75, 3.05) is 0 Å². The summed E-state index contributed by atoms with van der Waals surface area (Å²) in [5.41, 5.74) is 6.47. The Bertz CT molecular complexity index is 974. The minimum absolute atomic E-state index is 0.125. The first-order valence-corrected chi connectivity index (χ1v) is 8.28. The van der Waals surface area contributed by atoms with E-state index in [2.05, 4.69) is 5.16 Å². The molecule has 0 aromatic heterocycles. The van der Waals surface area contributed by atoms with Crippen molar-refractivity contribution < 1.29 is 9.63 Å². The SMILES string of the molecule is N/C(=N/OC(=O)c1cccc2ccccc12)c1c(Cl)cc(Cl)cc1Cl. The number of hydrogen-bond acceptors (Lipinski definition) is 3. The van der Waals surface area contributed by atoms with Crippen molar-refractivity contribution in [3.05, 3.63) is 80.8 Å². The molecule has 0 spiro atoms. The molecule has 0 aliphatic rings. The molecular formula is C18H11Cl3N2O2. The third kappa shape index (κ3) is 3.71. The van der Waals surface area contributed by atoms with Crippen molar-refractivity contribution in [3.63, 3.8) is 0 Å². The molecule has 3 aromatic rings. The first-order valence-electron chi connectivity index (χ1n) is 7.15. The number of carbonyl (C=O) groups is 1. The van der Waals surface area contributed by atoms with Crippen LogP contribution in [0, 0.1) is 0 Å². The monoisotopic (exact) mass is 392 g/mol. The number of fused-ring (bicyclic) bond motifs is 1. The summed E-state index contributed by atoms with van der Waals surface area (Å²) in [4.78, 5) is 17.3. The molecule has 7 heteroatoms. The molecule has 0 heterocycles. The van der Waals surface area contributed by atoms with Gasteiger partial charge in [0, 0.05) is 5.02 Å². The molecule has 0 saturated carbocycles. The molecule has 0 atom stereocenters. The number of hydrogen-bond donors (Lipinski definition) is 1. The van der Waals surface area contributed by atoms with Gasteiger partial charge in [-0.3, -0.25) is 0 Å². The maximum atomic E-state index is 12.3. The fourth-order valence-corrected chi connectivity index (χ4v) is 3.39. The third-order valence-electron chi connectivity index (χ3n) is 3.50. The zero-order valence-corrected chi connectivity index (χ0v) is 14.9. The van der Waals surface area contributed by atoms with Crippen molar-refractivity contribution >= 4 is 57.4 Å². The Morgan fingerprint density at radius 2 is 1.60 bits per heavy atom. The zero-order chi connectivity index (χ0) is 18.0. The van der Waals surface area contributed by atoms with Gasteiger partial charge < -0.3 is 10.6 Å². The van der Waals surface area contributed by atoms with Gasteiger partial charge in [-0.15, -0.1) is 0 Å². The number of nitrogens with two attached hydrogens (primary N) is 1. The van der Waals surface area contributed by atoms with Crippen LogP contribution in [-0.4, -0.2) is 11.8 Å². The van der Waals surface area contributed by atoms with Gasteiger partial charge in [-0.05, 0) is 29.0 Å². The van der Waals surface area contributed by atoms with E-state index in [1.165, 1.54) is 12.1 Å². The fourth-order valence-electron chi connectivity index (χ4n) is 2.38. The molecule has 0 bridgehead atoms. The van der Waals surface area contributed by atoms with Gasteiger partial charge in [0.1, 0.15) is 0 Å². The molecule has 0 aliphatic carbocycles. The van der Waals surface area contributed by atoms with Crippen LogP contribution in [0.5, 0.6) is 0 Å². The number of amidine groups is 1. The van der Waals surface area contributed by atoms with E-state index in [9.17, 15) is 4.79 Å². The van der Waals surface area contributed by atoms with Crippen LogP contribution in [-0.2, 0) is 4.84 Å². The Kier molecular flexibility index (Phi) is 5.13. The van der Waals surface area contributed by atoms with Gasteiger partial charge in [-0.1, -0.05) is 76.4 Å². The molecule has 0 aliphatic heterocycles. The summed E-state index contributed by atoms with van der Waals surface area (Å²) < 4.78 is 0. The second-order valence-electron chi connectivity index (χ2n) is 5.13. The highest BCUT2D eigenvalue weighted by molar-refractivity contribution is 6.42. The summed E-state index contributed by atoms with van der Waals surface area (Å²) >= 11 is 18.0. The van der Waals surface area contributed by atoms with E-state index in [4.69, 9.17) is 45.4 Å². The van der Waals surface area contributed by atoms with E-state index in [-0.39, 0.29) is 21.4 Å². The molecule has 3 aromatic carbocycles. The van der Waals surface area contributed by atoms with Crippen LogP contribution < -0.4 is 5.73 Å². The Morgan fingerprint density at radius 1 is 0.960 bits per heavy atom. The Labute approximate surface area is 158 Å². The van der Waals surface area contributed by atoms with E-state index in [0.29, 0.717) is 10.6 Å². The Hall–Kier alpha value is -2.27. The van der Waals surface area contributed by atoms with Gasteiger partial charge >= 0.3 is 5.97 Å². The lowest BCUT2D eigenvalue weighted by atomic mass is 10.1. The second kappa shape index (κ2) is 7.31. The molecule has 0 fully saturated rings. The topological polar surface area (TPSA) is 64.7 Å². The Morgan fingerprint density at radius 3 is 2.32 bits per heavy atom. The average Bonchev–Trinajstić information content (AvgIpc) is 2.58. The molecule has 126 valence electrons. The van der Waals surface area contributed by atoms with Gasteiger partial charge in [0.2, 0.25) is 0 Å². The lowest BCUT2D eigenvalue weighted by molar-refractivity contribution is 0.0518. The predicted molar refractivity (Wildman–Crippen MR) is 102 cm³/mol. The highest BCUT2D eigenvalue weighted by atomic mass is 35.5. The highest BCUT2D eigenvalue weighted by Crippen LogP contribution is 2.29. The summed E-state index contributed by atoms with van der Waals surface area (Å²) in [5.74, 6) is -0.763. The zero-order valence-electron chi connectivity index (χ0n) is 12.7. The molecule has 0 radical (unpaired) electrons. The quantitative estimate of drug-likeness (QED) is 0.285. The smallest absolute Gasteiger partial charge is 0.366 e. The average molecular weight is 394 g/mol. The van der Waals surface area contributed by atoms with Gasteiger partial charge in [-0.25, -0.2) is 4.79 Å². The van der Waals surface area contributed by atoms with E-state index in [1.54, 1.807) is 12.1 Å². The van der Waals surface area contributed by atoms with E-state index < -0.39 is 5.97 Å². The van der Waals surface area contributed by atoms with Crippen LogP contribution in [0.1, 0.15) is 15.9 Å². The minimum atomic E-state index is -0.638. The molecular weight excluding hydrogens is 383 g/mol. The van der Waals surface area contributed by atoms with Crippen LogP contribution in [0.4, 0.5) is 0 Å². The van der Waals surface area contributed by atoms with Crippen LogP contribution in [0.25, 0.3) is 10.8 Å². The summed E-state index contributed by atoms with van der Waals surface area (Å²) in [6.45, 7) is 0. The first-order chi connectivity index (χ1) is 12.0. The first kappa shape index (κ1) is 17.5.